The minimum atomic E-state index is -1.27. The maximum Gasteiger partial charge on any atom is 0.335 e. The third-order valence-electron chi connectivity index (χ3n) is 4.92. The molecule has 4 amide bonds. The Morgan fingerprint density at radius 1 is 1.16 bits per heavy atom. The summed E-state index contributed by atoms with van der Waals surface area (Å²) in [5, 5.41) is 13.9. The molecule has 0 radical (unpaired) electrons. The lowest BCUT2D eigenvalue weighted by molar-refractivity contribution is -0.306. The Hall–Kier alpha value is -3.72. The number of amides is 4. The van der Waals surface area contributed by atoms with Crippen LogP contribution in [0.1, 0.15) is 11.1 Å². The van der Waals surface area contributed by atoms with Gasteiger partial charge in [-0.2, -0.15) is 0 Å². The number of aromatic nitrogens is 1. The van der Waals surface area contributed by atoms with Crippen LogP contribution < -0.4 is 15.3 Å². The Morgan fingerprint density at radius 2 is 1.90 bits per heavy atom. The third-order valence-corrected chi connectivity index (χ3v) is 5.81. The fourth-order valence-electron chi connectivity index (χ4n) is 3.48. The number of hydrogen-bond donors (Lipinski definition) is 1. The topological polar surface area (TPSA) is 112 Å². The number of carboxylic acid groups (broad SMARTS) is 1. The van der Waals surface area contributed by atoms with Crippen LogP contribution in [0, 0.1) is 6.92 Å². The molecule has 1 aliphatic heterocycles. The average molecular weight is 481 g/mol. The van der Waals surface area contributed by atoms with Gasteiger partial charge in [0.05, 0.1) is 18.2 Å². The molecule has 1 saturated heterocycles. The highest BCUT2D eigenvalue weighted by Crippen LogP contribution is 2.28. The number of carbonyl (C=O) groups is 4. The average Bonchev–Trinajstić information content (AvgIpc) is 3.04. The van der Waals surface area contributed by atoms with Crippen molar-refractivity contribution in [3.05, 3.63) is 69.8 Å². The first kappa shape index (κ1) is 20.5. The smallest absolute Gasteiger partial charge is 0.335 e. The number of para-hydroxylation sites is 1. The Balaban J connectivity index is 1.81. The van der Waals surface area contributed by atoms with Crippen LogP contribution in [-0.4, -0.2) is 28.4 Å². The van der Waals surface area contributed by atoms with Crippen molar-refractivity contribution in [3.8, 4) is 0 Å². The number of barbiturate groups is 1. The van der Waals surface area contributed by atoms with E-state index < -0.39 is 23.8 Å². The largest absolute Gasteiger partial charge is 0.548 e. The summed E-state index contributed by atoms with van der Waals surface area (Å²) in [6.07, 6.45) is 2.88. The Morgan fingerprint density at radius 3 is 2.61 bits per heavy atom. The van der Waals surface area contributed by atoms with Crippen LogP contribution in [0.15, 0.2) is 58.7 Å². The zero-order chi connectivity index (χ0) is 22.3. The number of aliphatic carboxylic acids is 1. The molecule has 2 aromatic carbocycles. The number of benzene rings is 2. The zero-order valence-corrected chi connectivity index (χ0v) is 17.8. The molecule has 4 rings (SSSR count). The van der Waals surface area contributed by atoms with E-state index in [1.807, 2.05) is 6.92 Å². The first-order valence-electron chi connectivity index (χ1n) is 9.21. The fraction of sp³-hybridized carbons (Fsp3) is 0.0909. The lowest BCUT2D eigenvalue weighted by atomic mass is 10.1. The highest BCUT2D eigenvalue weighted by Gasteiger charge is 2.37. The van der Waals surface area contributed by atoms with Crippen molar-refractivity contribution in [2.24, 2.45) is 0 Å². The second-order valence-corrected chi connectivity index (χ2v) is 7.85. The molecular formula is C22H15BrN3O5-. The van der Waals surface area contributed by atoms with E-state index >= 15 is 0 Å². The Kier molecular flexibility index (Phi) is 5.20. The van der Waals surface area contributed by atoms with E-state index in [-0.39, 0.29) is 12.1 Å². The standard InChI is InChI=1S/C22H16BrN3O5/c1-12-8-14(6-7-17(12)23)26-21(30)16(20(29)24-22(26)31)9-13-10-25(11-19(27)28)18-5-3-2-4-15(13)18/h2-10H,11H2,1H3,(H,27,28)(H,24,29,31)/p-1/b16-9-. The van der Waals surface area contributed by atoms with Gasteiger partial charge < -0.3 is 14.5 Å². The summed E-state index contributed by atoms with van der Waals surface area (Å²) in [6, 6.07) is 11.1. The number of nitrogens with one attached hydrogen (secondary N) is 1. The molecule has 0 unspecified atom stereocenters. The van der Waals surface area contributed by atoms with Crippen molar-refractivity contribution in [3.63, 3.8) is 0 Å². The summed E-state index contributed by atoms with van der Waals surface area (Å²) in [5.41, 5.74) is 1.97. The number of nitrogens with zero attached hydrogens (tertiary/aromatic N) is 2. The number of hydrogen-bond acceptors (Lipinski definition) is 5. The van der Waals surface area contributed by atoms with Gasteiger partial charge in [0.15, 0.2) is 0 Å². The summed E-state index contributed by atoms with van der Waals surface area (Å²) in [4.78, 5) is 50.0. The van der Waals surface area contributed by atoms with Crippen LogP contribution in [0.2, 0.25) is 0 Å². The number of imide groups is 2. The van der Waals surface area contributed by atoms with Gasteiger partial charge in [0.25, 0.3) is 11.8 Å². The normalized spacial score (nSPS) is 15.6. The molecule has 9 heteroatoms. The first-order valence-corrected chi connectivity index (χ1v) is 10.0. The van der Waals surface area contributed by atoms with Crippen LogP contribution >= 0.6 is 15.9 Å². The summed E-state index contributed by atoms with van der Waals surface area (Å²) < 4.78 is 2.28. The molecule has 3 aromatic rings. The highest BCUT2D eigenvalue weighted by molar-refractivity contribution is 9.10. The number of carboxylic acids is 1. The Labute approximate surface area is 184 Å². The van der Waals surface area contributed by atoms with Gasteiger partial charge in [-0.25, -0.2) is 9.69 Å². The number of anilines is 1. The van der Waals surface area contributed by atoms with E-state index in [2.05, 4.69) is 21.2 Å². The predicted octanol–water partition coefficient (Wildman–Crippen LogP) is 2.13. The lowest BCUT2D eigenvalue weighted by Gasteiger charge is -2.26. The molecule has 156 valence electrons. The van der Waals surface area contributed by atoms with E-state index in [0.29, 0.717) is 22.2 Å². The second-order valence-electron chi connectivity index (χ2n) is 6.99. The summed E-state index contributed by atoms with van der Waals surface area (Å²) in [5.74, 6) is -2.86. The number of carbonyl (C=O) groups excluding carboxylic acids is 4. The molecule has 2 heterocycles. The molecule has 0 spiro atoms. The minimum absolute atomic E-state index is 0.239. The fourth-order valence-corrected chi connectivity index (χ4v) is 3.72. The van der Waals surface area contributed by atoms with E-state index in [4.69, 9.17) is 0 Å². The van der Waals surface area contributed by atoms with Crippen molar-refractivity contribution in [1.29, 1.82) is 0 Å². The number of halogens is 1. The van der Waals surface area contributed by atoms with Gasteiger partial charge in [0, 0.05) is 27.1 Å². The molecule has 1 aliphatic rings. The molecule has 0 atom stereocenters. The predicted molar refractivity (Wildman–Crippen MR) is 115 cm³/mol. The summed E-state index contributed by atoms with van der Waals surface area (Å²) in [7, 11) is 0. The molecule has 0 saturated carbocycles. The summed E-state index contributed by atoms with van der Waals surface area (Å²) >= 11 is 3.37. The van der Waals surface area contributed by atoms with Crippen molar-refractivity contribution >= 4 is 62.4 Å². The van der Waals surface area contributed by atoms with Crippen molar-refractivity contribution < 1.29 is 24.3 Å². The third kappa shape index (κ3) is 3.75. The lowest BCUT2D eigenvalue weighted by Crippen LogP contribution is -2.54. The SMILES string of the molecule is Cc1cc(N2C(=O)NC(=O)/C(=C/c3cn(CC(=O)[O-])c4ccccc34)C2=O)ccc1Br. The van der Waals surface area contributed by atoms with Gasteiger partial charge in [0.2, 0.25) is 0 Å². The van der Waals surface area contributed by atoms with Crippen LogP contribution in [0.4, 0.5) is 10.5 Å². The van der Waals surface area contributed by atoms with Crippen LogP contribution in [0.3, 0.4) is 0 Å². The van der Waals surface area contributed by atoms with Gasteiger partial charge >= 0.3 is 6.03 Å². The van der Waals surface area contributed by atoms with Gasteiger partial charge in [-0.3, -0.25) is 14.9 Å². The molecule has 1 fully saturated rings. The van der Waals surface area contributed by atoms with Crippen LogP contribution in [-0.2, 0) is 20.9 Å². The first-order chi connectivity index (χ1) is 14.8. The highest BCUT2D eigenvalue weighted by atomic mass is 79.9. The quantitative estimate of drug-likeness (QED) is 0.454. The van der Waals surface area contributed by atoms with Crippen molar-refractivity contribution in [1.82, 2.24) is 9.88 Å². The van der Waals surface area contributed by atoms with Gasteiger partial charge in [-0.15, -0.1) is 0 Å². The molecular weight excluding hydrogens is 466 g/mol. The van der Waals surface area contributed by atoms with E-state index in [0.717, 1.165) is 14.9 Å². The molecule has 31 heavy (non-hydrogen) atoms. The number of rotatable bonds is 4. The molecule has 8 nitrogen and oxygen atoms in total. The van der Waals surface area contributed by atoms with E-state index in [1.54, 1.807) is 42.5 Å². The van der Waals surface area contributed by atoms with Gasteiger partial charge in [-0.1, -0.05) is 34.1 Å². The van der Waals surface area contributed by atoms with Crippen molar-refractivity contribution in [2.75, 3.05) is 4.90 Å². The minimum Gasteiger partial charge on any atom is -0.548 e. The van der Waals surface area contributed by atoms with Gasteiger partial charge in [-0.05, 0) is 42.8 Å². The van der Waals surface area contributed by atoms with Gasteiger partial charge in [0.1, 0.15) is 5.57 Å². The molecule has 0 aliphatic carbocycles. The maximum absolute atomic E-state index is 13.1. The number of urea groups is 1. The Bertz CT molecular complexity index is 1310. The maximum atomic E-state index is 13.1. The zero-order valence-electron chi connectivity index (χ0n) is 16.2. The monoisotopic (exact) mass is 480 g/mol. The summed E-state index contributed by atoms with van der Waals surface area (Å²) in [6.45, 7) is 1.43. The van der Waals surface area contributed by atoms with Crippen LogP contribution in [0.25, 0.3) is 17.0 Å². The van der Waals surface area contributed by atoms with E-state index in [1.165, 1.54) is 16.8 Å². The molecule has 1 N–H and O–H groups in total. The molecule has 1 aromatic heterocycles. The number of fused-ring (bicyclic) bond motifs is 1. The van der Waals surface area contributed by atoms with E-state index in [9.17, 15) is 24.3 Å². The second kappa shape index (κ2) is 7.84. The van der Waals surface area contributed by atoms with Crippen molar-refractivity contribution in [2.45, 2.75) is 13.5 Å². The van der Waals surface area contributed by atoms with Crippen LogP contribution in [0.5, 0.6) is 0 Å². The number of aryl methyl sites for hydroxylation is 1. The molecule has 0 bridgehead atoms.